The lowest BCUT2D eigenvalue weighted by molar-refractivity contribution is -0.113. The Morgan fingerprint density at radius 3 is 2.65 bits per heavy atom. The Kier molecular flexibility index (Phi) is 6.47. The first-order chi connectivity index (χ1) is 15.2. The van der Waals surface area contributed by atoms with Crippen molar-refractivity contribution in [3.8, 4) is 11.4 Å². The van der Waals surface area contributed by atoms with Crippen molar-refractivity contribution in [2.75, 3.05) is 11.1 Å². The zero-order chi connectivity index (χ0) is 21.6. The summed E-state index contributed by atoms with van der Waals surface area (Å²) in [7, 11) is 0. The molecular formula is C23H24N6OS. The number of carbonyl (C=O) groups excluding carboxylic acids is 1. The average molecular weight is 433 g/mol. The monoisotopic (exact) mass is 432 g/mol. The lowest BCUT2D eigenvalue weighted by Gasteiger charge is -2.12. The first-order valence-corrected chi connectivity index (χ1v) is 11.1. The van der Waals surface area contributed by atoms with E-state index in [0.29, 0.717) is 6.54 Å². The van der Waals surface area contributed by atoms with Gasteiger partial charge in [0.05, 0.1) is 12.3 Å². The van der Waals surface area contributed by atoms with Crippen molar-refractivity contribution in [2.24, 2.45) is 0 Å². The van der Waals surface area contributed by atoms with Crippen molar-refractivity contribution in [3.05, 3.63) is 78.1 Å². The van der Waals surface area contributed by atoms with Crippen molar-refractivity contribution >= 4 is 23.4 Å². The highest BCUT2D eigenvalue weighted by molar-refractivity contribution is 7.99. The van der Waals surface area contributed by atoms with Crippen LogP contribution in [0.5, 0.6) is 0 Å². The Labute approximate surface area is 185 Å². The molecule has 0 fully saturated rings. The average Bonchev–Trinajstić information content (AvgIpc) is 3.43. The molecule has 2 aromatic heterocycles. The number of nitrogens with zero attached hydrogens (tertiary/aromatic N) is 5. The highest BCUT2D eigenvalue weighted by atomic mass is 32.2. The van der Waals surface area contributed by atoms with Crippen LogP contribution in [-0.2, 0) is 17.9 Å². The molecule has 0 atom stereocenters. The summed E-state index contributed by atoms with van der Waals surface area (Å²) in [5.74, 6) is 0.997. The fourth-order valence-corrected chi connectivity index (χ4v) is 4.17. The second kappa shape index (κ2) is 9.61. The van der Waals surface area contributed by atoms with Crippen molar-refractivity contribution < 1.29 is 4.79 Å². The van der Waals surface area contributed by atoms with Crippen LogP contribution < -0.4 is 5.32 Å². The second-order valence-electron chi connectivity index (χ2n) is 7.06. The van der Waals surface area contributed by atoms with E-state index in [1.807, 2.05) is 64.0 Å². The van der Waals surface area contributed by atoms with Crippen LogP contribution in [0, 0.1) is 6.92 Å². The van der Waals surface area contributed by atoms with Gasteiger partial charge in [-0.05, 0) is 37.1 Å². The molecule has 2 aromatic carbocycles. The third kappa shape index (κ3) is 4.86. The van der Waals surface area contributed by atoms with Gasteiger partial charge in [0.15, 0.2) is 11.0 Å². The van der Waals surface area contributed by atoms with E-state index in [2.05, 4.69) is 40.5 Å². The normalized spacial score (nSPS) is 10.9. The van der Waals surface area contributed by atoms with Crippen LogP contribution in [0.2, 0.25) is 0 Å². The number of para-hydroxylation sites is 1. The van der Waals surface area contributed by atoms with Gasteiger partial charge in [-0.25, -0.2) is 0 Å². The molecule has 0 saturated carbocycles. The van der Waals surface area contributed by atoms with Gasteiger partial charge in [-0.3, -0.25) is 9.48 Å². The highest BCUT2D eigenvalue weighted by Gasteiger charge is 2.16. The summed E-state index contributed by atoms with van der Waals surface area (Å²) in [4.78, 5) is 12.7. The fraction of sp³-hybridized carbons (Fsp3) is 0.217. The minimum atomic E-state index is -0.0824. The van der Waals surface area contributed by atoms with Crippen LogP contribution in [0.1, 0.15) is 18.1 Å². The largest absolute Gasteiger partial charge is 0.325 e. The number of anilines is 1. The summed E-state index contributed by atoms with van der Waals surface area (Å²) < 4.78 is 3.88. The van der Waals surface area contributed by atoms with E-state index in [4.69, 9.17) is 0 Å². The predicted molar refractivity (Wildman–Crippen MR) is 123 cm³/mol. The standard InChI is InChI=1S/C23H24N6OS/c1-3-29-22(19-11-6-4-9-17(19)2)26-27-23(29)31-16-21(30)25-20-12-7-5-10-18(20)15-28-14-8-13-24-28/h4-14H,3,15-16H2,1-2H3,(H,25,30). The molecule has 8 heteroatoms. The molecule has 4 aromatic rings. The number of carbonyl (C=O) groups is 1. The lowest BCUT2D eigenvalue weighted by Crippen LogP contribution is -2.16. The van der Waals surface area contributed by atoms with E-state index in [1.54, 1.807) is 6.20 Å². The molecule has 4 rings (SSSR count). The van der Waals surface area contributed by atoms with Gasteiger partial charge < -0.3 is 9.88 Å². The van der Waals surface area contributed by atoms with E-state index in [0.717, 1.165) is 39.9 Å². The fourth-order valence-electron chi connectivity index (χ4n) is 3.37. The molecule has 0 aliphatic rings. The Morgan fingerprint density at radius 1 is 1.06 bits per heavy atom. The van der Waals surface area contributed by atoms with Gasteiger partial charge in [0, 0.05) is 30.2 Å². The van der Waals surface area contributed by atoms with E-state index in [1.165, 1.54) is 11.8 Å². The van der Waals surface area contributed by atoms with Gasteiger partial charge in [-0.1, -0.05) is 54.2 Å². The van der Waals surface area contributed by atoms with Crippen molar-refractivity contribution in [2.45, 2.75) is 32.1 Å². The summed E-state index contributed by atoms with van der Waals surface area (Å²) in [5.41, 5.74) is 4.00. The van der Waals surface area contributed by atoms with Crippen LogP contribution >= 0.6 is 11.8 Å². The third-order valence-corrected chi connectivity index (χ3v) is 5.90. The molecule has 2 heterocycles. The van der Waals surface area contributed by atoms with E-state index >= 15 is 0 Å². The topological polar surface area (TPSA) is 77.6 Å². The number of benzene rings is 2. The van der Waals surface area contributed by atoms with Gasteiger partial charge in [-0.2, -0.15) is 5.10 Å². The molecule has 1 amide bonds. The number of amides is 1. The smallest absolute Gasteiger partial charge is 0.234 e. The SMILES string of the molecule is CCn1c(SCC(=O)Nc2ccccc2Cn2cccn2)nnc1-c1ccccc1C. The minimum Gasteiger partial charge on any atom is -0.325 e. The van der Waals surface area contributed by atoms with Gasteiger partial charge in [-0.15, -0.1) is 10.2 Å². The molecule has 0 radical (unpaired) electrons. The zero-order valence-electron chi connectivity index (χ0n) is 17.5. The number of hydrogen-bond acceptors (Lipinski definition) is 5. The second-order valence-corrected chi connectivity index (χ2v) is 8.01. The molecule has 0 unspecified atom stereocenters. The summed E-state index contributed by atoms with van der Waals surface area (Å²) in [6, 6.07) is 17.8. The number of nitrogens with one attached hydrogen (secondary N) is 1. The van der Waals surface area contributed by atoms with E-state index in [9.17, 15) is 4.79 Å². The maximum Gasteiger partial charge on any atom is 0.234 e. The molecule has 1 N–H and O–H groups in total. The molecule has 31 heavy (non-hydrogen) atoms. The van der Waals surface area contributed by atoms with Crippen molar-refractivity contribution in [3.63, 3.8) is 0 Å². The van der Waals surface area contributed by atoms with Crippen LogP contribution in [-0.4, -0.2) is 36.2 Å². The van der Waals surface area contributed by atoms with Gasteiger partial charge >= 0.3 is 0 Å². The predicted octanol–water partition coefficient (Wildman–Crippen LogP) is 4.25. The maximum absolute atomic E-state index is 12.7. The molecular weight excluding hydrogens is 408 g/mol. The van der Waals surface area contributed by atoms with Crippen LogP contribution in [0.25, 0.3) is 11.4 Å². The zero-order valence-corrected chi connectivity index (χ0v) is 18.3. The number of aryl methyl sites for hydroxylation is 1. The van der Waals surface area contributed by atoms with Gasteiger partial charge in [0.1, 0.15) is 0 Å². The number of rotatable bonds is 8. The number of hydrogen-bond donors (Lipinski definition) is 1. The Hall–Kier alpha value is -3.39. The Bertz CT molecular complexity index is 1170. The molecule has 0 spiro atoms. The summed E-state index contributed by atoms with van der Waals surface area (Å²) in [6.45, 7) is 5.44. The highest BCUT2D eigenvalue weighted by Crippen LogP contribution is 2.26. The van der Waals surface area contributed by atoms with E-state index < -0.39 is 0 Å². The lowest BCUT2D eigenvalue weighted by atomic mass is 10.1. The summed E-state index contributed by atoms with van der Waals surface area (Å²) in [5, 5.41) is 16.7. The molecule has 158 valence electrons. The Morgan fingerprint density at radius 2 is 1.87 bits per heavy atom. The first kappa shape index (κ1) is 20.9. The van der Waals surface area contributed by atoms with Crippen LogP contribution in [0.4, 0.5) is 5.69 Å². The third-order valence-electron chi connectivity index (χ3n) is 4.93. The molecule has 0 saturated heterocycles. The van der Waals surface area contributed by atoms with Crippen molar-refractivity contribution in [1.82, 2.24) is 24.5 Å². The van der Waals surface area contributed by atoms with Crippen molar-refractivity contribution in [1.29, 1.82) is 0 Å². The maximum atomic E-state index is 12.7. The summed E-state index contributed by atoms with van der Waals surface area (Å²) >= 11 is 1.39. The molecule has 0 bridgehead atoms. The molecule has 0 aliphatic carbocycles. The molecule has 0 aliphatic heterocycles. The van der Waals surface area contributed by atoms with E-state index in [-0.39, 0.29) is 11.7 Å². The quantitative estimate of drug-likeness (QED) is 0.421. The Balaban J connectivity index is 1.44. The molecule has 7 nitrogen and oxygen atoms in total. The van der Waals surface area contributed by atoms with Gasteiger partial charge in [0.25, 0.3) is 0 Å². The first-order valence-electron chi connectivity index (χ1n) is 10.1. The minimum absolute atomic E-state index is 0.0824. The summed E-state index contributed by atoms with van der Waals surface area (Å²) in [6.07, 6.45) is 3.64. The van der Waals surface area contributed by atoms with Gasteiger partial charge in [0.2, 0.25) is 5.91 Å². The number of aromatic nitrogens is 5. The van der Waals surface area contributed by atoms with Crippen LogP contribution in [0.15, 0.2) is 72.1 Å². The number of thioether (sulfide) groups is 1. The van der Waals surface area contributed by atoms with Crippen LogP contribution in [0.3, 0.4) is 0 Å².